The van der Waals surface area contributed by atoms with Gasteiger partial charge in [0, 0.05) is 42.3 Å². The highest BCUT2D eigenvalue weighted by molar-refractivity contribution is 6.36. The van der Waals surface area contributed by atoms with E-state index in [0.29, 0.717) is 51.8 Å². The van der Waals surface area contributed by atoms with Gasteiger partial charge in [-0.2, -0.15) is 13.2 Å². The normalized spacial score (nSPS) is 11.4. The fraction of sp³-hybridized carbons (Fsp3) is 0.143. The van der Waals surface area contributed by atoms with Crippen LogP contribution in [0.4, 0.5) is 24.9 Å². The first-order chi connectivity index (χ1) is 15.8. The second-order valence-electron chi connectivity index (χ2n) is 6.81. The van der Waals surface area contributed by atoms with E-state index in [1.165, 1.54) is 6.07 Å². The molecule has 0 fully saturated rings. The summed E-state index contributed by atoms with van der Waals surface area (Å²) in [7, 11) is 0. The van der Waals surface area contributed by atoms with Gasteiger partial charge in [0.2, 0.25) is 5.95 Å². The first-order valence-electron chi connectivity index (χ1n) is 9.63. The molecule has 0 aliphatic heterocycles. The van der Waals surface area contributed by atoms with Crippen LogP contribution < -0.4 is 10.6 Å². The van der Waals surface area contributed by atoms with Crippen molar-refractivity contribution < 1.29 is 13.2 Å². The molecule has 0 saturated heterocycles. The monoisotopic (exact) mass is 493 g/mol. The van der Waals surface area contributed by atoms with E-state index in [2.05, 4.69) is 30.6 Å². The molecule has 0 amide bonds. The van der Waals surface area contributed by atoms with Gasteiger partial charge in [-0.15, -0.1) is 0 Å². The average molecular weight is 494 g/mol. The van der Waals surface area contributed by atoms with Crippen molar-refractivity contribution in [2.24, 2.45) is 0 Å². The maximum absolute atomic E-state index is 12.6. The Balaban J connectivity index is 1.47. The molecule has 4 rings (SSSR count). The Morgan fingerprint density at radius 2 is 1.79 bits per heavy atom. The molecule has 7 nitrogen and oxygen atoms in total. The van der Waals surface area contributed by atoms with E-state index in [1.807, 2.05) is 0 Å². The van der Waals surface area contributed by atoms with Gasteiger partial charge in [0.25, 0.3) is 0 Å². The minimum atomic E-state index is -4.42. The predicted molar refractivity (Wildman–Crippen MR) is 121 cm³/mol. The molecule has 3 heterocycles. The molecule has 0 unspecified atom stereocenters. The molecule has 3 aromatic heterocycles. The Hall–Kier alpha value is -3.37. The van der Waals surface area contributed by atoms with Crippen molar-refractivity contribution in [3.8, 4) is 16.9 Å². The molecule has 170 valence electrons. The number of anilines is 2. The SMILES string of the molecule is FC(F)(F)c1ccc(NCCNc2ncc(-n3ccnc3)c(-c3ccc(Cl)cc3Cl)n2)nc1. The van der Waals surface area contributed by atoms with Crippen LogP contribution in [0, 0.1) is 0 Å². The van der Waals surface area contributed by atoms with Gasteiger partial charge in [0.05, 0.1) is 28.8 Å². The van der Waals surface area contributed by atoms with Crippen molar-refractivity contribution in [1.82, 2.24) is 24.5 Å². The molecule has 0 bridgehead atoms. The Kier molecular flexibility index (Phi) is 6.66. The molecule has 0 atom stereocenters. The zero-order valence-electron chi connectivity index (χ0n) is 16.8. The number of pyridine rings is 1. The van der Waals surface area contributed by atoms with E-state index in [0.717, 1.165) is 12.3 Å². The number of imidazole rings is 1. The van der Waals surface area contributed by atoms with Crippen LogP contribution in [0.1, 0.15) is 5.56 Å². The molecule has 2 N–H and O–H groups in total. The Bertz CT molecular complexity index is 1230. The number of nitrogens with one attached hydrogen (secondary N) is 2. The van der Waals surface area contributed by atoms with Gasteiger partial charge >= 0.3 is 6.18 Å². The van der Waals surface area contributed by atoms with Gasteiger partial charge in [0.15, 0.2) is 0 Å². The lowest BCUT2D eigenvalue weighted by molar-refractivity contribution is -0.137. The number of alkyl halides is 3. The van der Waals surface area contributed by atoms with Crippen LogP contribution >= 0.6 is 23.2 Å². The lowest BCUT2D eigenvalue weighted by Gasteiger charge is -2.13. The second kappa shape index (κ2) is 9.63. The van der Waals surface area contributed by atoms with E-state index >= 15 is 0 Å². The lowest BCUT2D eigenvalue weighted by Crippen LogP contribution is -2.16. The fourth-order valence-corrected chi connectivity index (χ4v) is 3.46. The summed E-state index contributed by atoms with van der Waals surface area (Å²) in [5.74, 6) is 0.678. The summed E-state index contributed by atoms with van der Waals surface area (Å²) in [6.07, 6.45) is 3.04. The number of benzene rings is 1. The number of halogens is 5. The van der Waals surface area contributed by atoms with Gasteiger partial charge in [-0.05, 0) is 30.3 Å². The van der Waals surface area contributed by atoms with Crippen LogP contribution in [0.15, 0.2) is 61.4 Å². The van der Waals surface area contributed by atoms with E-state index in [9.17, 15) is 13.2 Å². The summed E-state index contributed by atoms with van der Waals surface area (Å²) in [4.78, 5) is 16.8. The first kappa shape index (κ1) is 22.8. The van der Waals surface area contributed by atoms with Crippen LogP contribution in [-0.4, -0.2) is 37.6 Å². The predicted octanol–water partition coefficient (Wildman–Crippen LogP) is 5.57. The fourth-order valence-electron chi connectivity index (χ4n) is 2.96. The van der Waals surface area contributed by atoms with Crippen molar-refractivity contribution in [3.05, 3.63) is 77.1 Å². The molecule has 1 aromatic carbocycles. The van der Waals surface area contributed by atoms with Gasteiger partial charge < -0.3 is 15.2 Å². The summed E-state index contributed by atoms with van der Waals surface area (Å²) in [5, 5.41) is 6.96. The molecule has 4 aromatic rings. The van der Waals surface area contributed by atoms with Gasteiger partial charge in [-0.3, -0.25) is 0 Å². The number of nitrogens with zero attached hydrogens (tertiary/aromatic N) is 5. The second-order valence-corrected chi connectivity index (χ2v) is 7.65. The van der Waals surface area contributed by atoms with Crippen LogP contribution in [-0.2, 0) is 6.18 Å². The molecular weight excluding hydrogens is 478 g/mol. The standard InChI is InChI=1S/C21H16Cl2F3N7/c22-14-2-3-15(16(23)9-14)19-17(33-8-7-27-12-33)11-31-20(32-19)29-6-5-28-18-4-1-13(10-30-18)21(24,25)26/h1-4,7-12H,5-6H2,(H,28,30)(H,29,31,32). The molecule has 0 spiro atoms. The van der Waals surface area contributed by atoms with Crippen LogP contribution in [0.25, 0.3) is 16.9 Å². The number of rotatable bonds is 7. The number of aromatic nitrogens is 5. The molecule has 12 heteroatoms. The van der Waals surface area contributed by atoms with Crippen molar-refractivity contribution in [2.45, 2.75) is 6.18 Å². The van der Waals surface area contributed by atoms with E-state index in [4.69, 9.17) is 23.2 Å². The Morgan fingerprint density at radius 3 is 2.45 bits per heavy atom. The van der Waals surface area contributed by atoms with Crippen LogP contribution in [0.2, 0.25) is 10.0 Å². The molecule has 0 radical (unpaired) electrons. The minimum absolute atomic E-state index is 0.329. The van der Waals surface area contributed by atoms with E-state index in [-0.39, 0.29) is 0 Å². The number of hydrogen-bond donors (Lipinski definition) is 2. The van der Waals surface area contributed by atoms with E-state index < -0.39 is 11.7 Å². The van der Waals surface area contributed by atoms with Crippen molar-refractivity contribution in [1.29, 1.82) is 0 Å². The Morgan fingerprint density at radius 1 is 0.970 bits per heavy atom. The topological polar surface area (TPSA) is 80.5 Å². The van der Waals surface area contributed by atoms with Crippen LogP contribution in [0.5, 0.6) is 0 Å². The summed E-state index contributed by atoms with van der Waals surface area (Å²) in [6, 6.07) is 7.38. The highest BCUT2D eigenvalue weighted by Gasteiger charge is 2.30. The minimum Gasteiger partial charge on any atom is -0.368 e. The zero-order valence-corrected chi connectivity index (χ0v) is 18.3. The lowest BCUT2D eigenvalue weighted by atomic mass is 10.1. The van der Waals surface area contributed by atoms with Gasteiger partial charge in [-0.1, -0.05) is 23.2 Å². The first-order valence-corrected chi connectivity index (χ1v) is 10.4. The third kappa shape index (κ3) is 5.52. The van der Waals surface area contributed by atoms with Crippen molar-refractivity contribution in [2.75, 3.05) is 23.7 Å². The molecule has 0 saturated carbocycles. The molecular formula is C21H16Cl2F3N7. The third-order valence-electron chi connectivity index (χ3n) is 4.54. The maximum Gasteiger partial charge on any atom is 0.417 e. The van der Waals surface area contributed by atoms with Gasteiger partial charge in [-0.25, -0.2) is 19.9 Å². The largest absolute Gasteiger partial charge is 0.417 e. The molecule has 0 aliphatic rings. The number of hydrogen-bond acceptors (Lipinski definition) is 6. The van der Waals surface area contributed by atoms with E-state index in [1.54, 1.807) is 47.7 Å². The summed E-state index contributed by atoms with van der Waals surface area (Å²) < 4.78 is 39.6. The Labute approximate surface area is 196 Å². The third-order valence-corrected chi connectivity index (χ3v) is 5.09. The summed E-state index contributed by atoms with van der Waals surface area (Å²) in [5.41, 5.74) is 1.12. The van der Waals surface area contributed by atoms with Crippen molar-refractivity contribution >= 4 is 35.0 Å². The zero-order chi connectivity index (χ0) is 23.4. The maximum atomic E-state index is 12.6. The highest BCUT2D eigenvalue weighted by atomic mass is 35.5. The average Bonchev–Trinajstić information content (AvgIpc) is 3.31. The summed E-state index contributed by atoms with van der Waals surface area (Å²) in [6.45, 7) is 0.767. The van der Waals surface area contributed by atoms with Crippen molar-refractivity contribution in [3.63, 3.8) is 0 Å². The summed E-state index contributed by atoms with van der Waals surface area (Å²) >= 11 is 12.4. The molecule has 0 aliphatic carbocycles. The van der Waals surface area contributed by atoms with Gasteiger partial charge in [0.1, 0.15) is 11.5 Å². The van der Waals surface area contributed by atoms with Crippen LogP contribution in [0.3, 0.4) is 0 Å². The molecule has 33 heavy (non-hydrogen) atoms. The smallest absolute Gasteiger partial charge is 0.368 e. The highest BCUT2D eigenvalue weighted by Crippen LogP contribution is 2.33. The quantitative estimate of drug-likeness (QED) is 0.327.